The molecule has 4 rings (SSSR count). The molecule has 142 valence electrons. The van der Waals surface area contributed by atoms with E-state index in [4.69, 9.17) is 9.47 Å². The van der Waals surface area contributed by atoms with Crippen LogP contribution >= 0.6 is 0 Å². The molecule has 0 saturated heterocycles. The average molecular weight is 378 g/mol. The van der Waals surface area contributed by atoms with Crippen LogP contribution < -0.4 is 5.32 Å². The summed E-state index contributed by atoms with van der Waals surface area (Å²) in [6, 6.07) is 15.7. The fourth-order valence-electron chi connectivity index (χ4n) is 4.04. The summed E-state index contributed by atoms with van der Waals surface area (Å²) in [5, 5.41) is 2.32. The summed E-state index contributed by atoms with van der Waals surface area (Å²) in [6.07, 6.45) is 0.0633. The van der Waals surface area contributed by atoms with Gasteiger partial charge in [-0.2, -0.15) is 0 Å². The summed E-state index contributed by atoms with van der Waals surface area (Å²) in [5.74, 6) is -1.83. The standard InChI is InChI=1S/C21H18N2O5/c1-13-23-20(19(26)27-2,12-14-8-4-3-5-9-14)21(28-13)16-11-7-6-10-15(16)17(24)22-18(21)25/h3-11H,12H2,1-2H3,(H,22,24,25)/t20-,21-/m1/s1. The van der Waals surface area contributed by atoms with Crippen LogP contribution in [0, 0.1) is 0 Å². The lowest BCUT2D eigenvalue weighted by atomic mass is 9.68. The molecule has 2 aromatic rings. The summed E-state index contributed by atoms with van der Waals surface area (Å²) in [4.78, 5) is 43.2. The highest BCUT2D eigenvalue weighted by Gasteiger charge is 2.71. The molecule has 2 amide bonds. The maximum absolute atomic E-state index is 13.2. The van der Waals surface area contributed by atoms with Crippen molar-refractivity contribution >= 4 is 23.7 Å². The second kappa shape index (κ2) is 6.30. The molecule has 0 bridgehead atoms. The van der Waals surface area contributed by atoms with Gasteiger partial charge < -0.3 is 9.47 Å². The quantitative estimate of drug-likeness (QED) is 0.649. The Morgan fingerprint density at radius 2 is 1.79 bits per heavy atom. The number of amides is 2. The Labute approximate surface area is 161 Å². The summed E-state index contributed by atoms with van der Waals surface area (Å²) < 4.78 is 11.1. The van der Waals surface area contributed by atoms with Crippen LogP contribution in [0.15, 0.2) is 59.6 Å². The normalized spacial score (nSPS) is 25.6. The van der Waals surface area contributed by atoms with Gasteiger partial charge >= 0.3 is 5.97 Å². The van der Waals surface area contributed by atoms with Crippen LogP contribution in [-0.2, 0) is 31.1 Å². The topological polar surface area (TPSA) is 94.1 Å². The molecule has 0 unspecified atom stereocenters. The zero-order valence-corrected chi connectivity index (χ0v) is 15.4. The van der Waals surface area contributed by atoms with Crippen molar-refractivity contribution in [2.75, 3.05) is 7.11 Å². The van der Waals surface area contributed by atoms with E-state index in [9.17, 15) is 14.4 Å². The molecule has 2 aliphatic rings. The SMILES string of the molecule is COC(=O)[C@@]1(Cc2ccccc2)N=C(C)O[C@]12C(=O)NC(=O)c1ccccc12. The van der Waals surface area contributed by atoms with Crippen LogP contribution in [0.25, 0.3) is 0 Å². The Balaban J connectivity index is 2.01. The minimum Gasteiger partial charge on any atom is -0.467 e. The minimum atomic E-state index is -1.84. The van der Waals surface area contributed by atoms with Gasteiger partial charge in [0.1, 0.15) is 0 Å². The van der Waals surface area contributed by atoms with Crippen molar-refractivity contribution < 1.29 is 23.9 Å². The predicted molar refractivity (Wildman–Crippen MR) is 99.7 cm³/mol. The zero-order valence-electron chi connectivity index (χ0n) is 15.4. The number of fused-ring (bicyclic) bond motifs is 2. The summed E-state index contributed by atoms with van der Waals surface area (Å²) in [5.41, 5.74) is -2.23. The van der Waals surface area contributed by atoms with E-state index in [1.807, 2.05) is 30.3 Å². The molecule has 7 heteroatoms. The number of rotatable bonds is 3. The number of ether oxygens (including phenoxy) is 2. The van der Waals surface area contributed by atoms with E-state index >= 15 is 0 Å². The van der Waals surface area contributed by atoms with E-state index in [0.717, 1.165) is 5.56 Å². The number of carbonyl (C=O) groups is 3. The summed E-state index contributed by atoms with van der Waals surface area (Å²) in [6.45, 7) is 1.57. The van der Waals surface area contributed by atoms with Crippen LogP contribution in [0.2, 0.25) is 0 Å². The van der Waals surface area contributed by atoms with E-state index in [2.05, 4.69) is 10.3 Å². The Morgan fingerprint density at radius 3 is 2.50 bits per heavy atom. The van der Waals surface area contributed by atoms with Crippen LogP contribution in [0.1, 0.15) is 28.4 Å². The number of nitrogens with one attached hydrogen (secondary N) is 1. The van der Waals surface area contributed by atoms with Gasteiger partial charge in [0.05, 0.1) is 7.11 Å². The van der Waals surface area contributed by atoms with Gasteiger partial charge in [-0.25, -0.2) is 9.79 Å². The fraction of sp³-hybridized carbons (Fsp3) is 0.238. The lowest BCUT2D eigenvalue weighted by Crippen LogP contribution is -2.66. The summed E-state index contributed by atoms with van der Waals surface area (Å²) >= 11 is 0. The third-order valence-electron chi connectivity index (χ3n) is 5.16. The zero-order chi connectivity index (χ0) is 19.9. The van der Waals surface area contributed by atoms with Gasteiger partial charge in [0, 0.05) is 24.5 Å². The van der Waals surface area contributed by atoms with Gasteiger partial charge in [0.15, 0.2) is 5.90 Å². The van der Waals surface area contributed by atoms with E-state index in [1.54, 1.807) is 31.2 Å². The monoisotopic (exact) mass is 378 g/mol. The number of imide groups is 1. The summed E-state index contributed by atoms with van der Waals surface area (Å²) in [7, 11) is 1.24. The molecule has 1 N–H and O–H groups in total. The molecule has 0 radical (unpaired) electrons. The third-order valence-corrected chi connectivity index (χ3v) is 5.16. The van der Waals surface area contributed by atoms with Gasteiger partial charge in [-0.3, -0.25) is 14.9 Å². The van der Waals surface area contributed by atoms with E-state index in [0.29, 0.717) is 5.56 Å². The molecule has 2 heterocycles. The first kappa shape index (κ1) is 17.9. The van der Waals surface area contributed by atoms with E-state index in [1.165, 1.54) is 7.11 Å². The molecule has 0 aromatic heterocycles. The molecule has 28 heavy (non-hydrogen) atoms. The third kappa shape index (κ3) is 2.29. The van der Waals surface area contributed by atoms with Crippen molar-refractivity contribution in [2.45, 2.75) is 24.5 Å². The van der Waals surface area contributed by atoms with Crippen molar-refractivity contribution in [1.29, 1.82) is 0 Å². The number of hydrogen-bond donors (Lipinski definition) is 1. The number of benzene rings is 2. The molecule has 2 atom stereocenters. The van der Waals surface area contributed by atoms with Crippen LogP contribution in [0.5, 0.6) is 0 Å². The molecule has 7 nitrogen and oxygen atoms in total. The van der Waals surface area contributed by atoms with Gasteiger partial charge in [-0.05, 0) is 11.6 Å². The number of esters is 1. The first-order chi connectivity index (χ1) is 13.4. The number of hydrogen-bond acceptors (Lipinski definition) is 6. The molecule has 0 aliphatic carbocycles. The Morgan fingerprint density at radius 1 is 1.11 bits per heavy atom. The molecule has 1 spiro atoms. The smallest absolute Gasteiger partial charge is 0.339 e. The molecule has 2 aliphatic heterocycles. The Hall–Kier alpha value is -3.48. The van der Waals surface area contributed by atoms with Crippen LogP contribution in [0.3, 0.4) is 0 Å². The Kier molecular flexibility index (Phi) is 4.03. The first-order valence-electron chi connectivity index (χ1n) is 8.78. The van der Waals surface area contributed by atoms with Crippen molar-refractivity contribution in [1.82, 2.24) is 5.32 Å². The number of aliphatic imine (C=N–C) groups is 1. The molecular formula is C21H18N2O5. The largest absolute Gasteiger partial charge is 0.467 e. The molecular weight excluding hydrogens is 360 g/mol. The van der Waals surface area contributed by atoms with Gasteiger partial charge in [-0.15, -0.1) is 0 Å². The van der Waals surface area contributed by atoms with Crippen molar-refractivity contribution in [3.8, 4) is 0 Å². The van der Waals surface area contributed by atoms with E-state index in [-0.39, 0.29) is 17.9 Å². The lowest BCUT2D eigenvalue weighted by Gasteiger charge is -2.42. The lowest BCUT2D eigenvalue weighted by molar-refractivity contribution is -0.163. The van der Waals surface area contributed by atoms with Gasteiger partial charge in [0.25, 0.3) is 17.4 Å². The average Bonchev–Trinajstić information content (AvgIpc) is 3.00. The maximum Gasteiger partial charge on any atom is 0.339 e. The highest BCUT2D eigenvalue weighted by atomic mass is 16.6. The van der Waals surface area contributed by atoms with Crippen LogP contribution in [0.4, 0.5) is 0 Å². The van der Waals surface area contributed by atoms with Crippen LogP contribution in [-0.4, -0.2) is 36.3 Å². The number of methoxy groups -OCH3 is 1. The molecule has 2 aromatic carbocycles. The highest BCUT2D eigenvalue weighted by Crippen LogP contribution is 2.49. The van der Waals surface area contributed by atoms with E-state index < -0.39 is 28.9 Å². The fourth-order valence-corrected chi connectivity index (χ4v) is 4.04. The van der Waals surface area contributed by atoms with Crippen molar-refractivity contribution in [3.63, 3.8) is 0 Å². The number of carbonyl (C=O) groups excluding carboxylic acids is 3. The van der Waals surface area contributed by atoms with Crippen molar-refractivity contribution in [3.05, 3.63) is 71.3 Å². The minimum absolute atomic E-state index is 0.0633. The molecule has 0 saturated carbocycles. The van der Waals surface area contributed by atoms with Gasteiger partial charge in [-0.1, -0.05) is 48.5 Å². The predicted octanol–water partition coefficient (Wildman–Crippen LogP) is 1.75. The van der Waals surface area contributed by atoms with Crippen molar-refractivity contribution in [2.24, 2.45) is 4.99 Å². The van der Waals surface area contributed by atoms with Gasteiger partial charge in [0.2, 0.25) is 5.54 Å². The molecule has 0 fully saturated rings. The first-order valence-corrected chi connectivity index (χ1v) is 8.78. The Bertz CT molecular complexity index is 1020. The second-order valence-corrected chi connectivity index (χ2v) is 6.76. The second-order valence-electron chi connectivity index (χ2n) is 6.76. The number of nitrogens with zero attached hydrogens (tertiary/aromatic N) is 1. The maximum atomic E-state index is 13.2. The highest BCUT2D eigenvalue weighted by molar-refractivity contribution is 6.16.